The molecular formula is C17H25NO3S. The number of hydrogen-bond donors (Lipinski definition) is 0. The summed E-state index contributed by atoms with van der Waals surface area (Å²) in [5.41, 5.74) is 2.10. The zero-order valence-corrected chi connectivity index (χ0v) is 14.4. The van der Waals surface area contributed by atoms with Crippen molar-refractivity contribution in [3.05, 3.63) is 35.4 Å². The van der Waals surface area contributed by atoms with Gasteiger partial charge in [-0.15, -0.1) is 0 Å². The fourth-order valence-corrected chi connectivity index (χ4v) is 4.81. The highest BCUT2D eigenvalue weighted by molar-refractivity contribution is 7.91. The van der Waals surface area contributed by atoms with Crippen molar-refractivity contribution in [1.82, 2.24) is 4.90 Å². The average Bonchev–Trinajstić information content (AvgIpc) is 2.45. The Morgan fingerprint density at radius 3 is 2.59 bits per heavy atom. The van der Waals surface area contributed by atoms with Crippen LogP contribution >= 0.6 is 0 Å². The van der Waals surface area contributed by atoms with Crippen LogP contribution in [0.25, 0.3) is 0 Å². The summed E-state index contributed by atoms with van der Waals surface area (Å²) < 4.78 is 24.0. The third kappa shape index (κ3) is 4.09. The minimum atomic E-state index is -3.13. The van der Waals surface area contributed by atoms with Gasteiger partial charge in [0.15, 0.2) is 9.84 Å². The second kappa shape index (κ2) is 6.82. The van der Waals surface area contributed by atoms with Gasteiger partial charge < -0.3 is 4.90 Å². The normalized spacial score (nSPS) is 22.3. The maximum Gasteiger partial charge on any atom is 0.227 e. The van der Waals surface area contributed by atoms with Crippen molar-refractivity contribution in [2.45, 2.75) is 50.3 Å². The van der Waals surface area contributed by atoms with Crippen molar-refractivity contribution in [2.24, 2.45) is 0 Å². The van der Waals surface area contributed by atoms with E-state index in [1.807, 2.05) is 31.2 Å². The molecule has 0 bridgehead atoms. The SMILES string of the molecule is Cc1cccc(CC(=O)N(C)[C@H]2CCCC[C@@H]2S(C)(=O)=O)c1. The first-order valence-electron chi connectivity index (χ1n) is 7.79. The van der Waals surface area contributed by atoms with Gasteiger partial charge in [0.05, 0.1) is 11.7 Å². The first-order valence-corrected chi connectivity index (χ1v) is 9.74. The number of sulfone groups is 1. The quantitative estimate of drug-likeness (QED) is 0.855. The van der Waals surface area contributed by atoms with Gasteiger partial charge in [0.25, 0.3) is 0 Å². The number of carbonyl (C=O) groups excluding carboxylic acids is 1. The summed E-state index contributed by atoms with van der Waals surface area (Å²) in [6, 6.07) is 7.69. The average molecular weight is 323 g/mol. The molecule has 0 aromatic heterocycles. The zero-order valence-electron chi connectivity index (χ0n) is 13.6. The number of rotatable bonds is 4. The molecule has 1 aliphatic carbocycles. The first kappa shape index (κ1) is 17.0. The van der Waals surface area contributed by atoms with E-state index in [0.717, 1.165) is 30.4 Å². The Morgan fingerprint density at radius 1 is 1.27 bits per heavy atom. The van der Waals surface area contributed by atoms with Crippen molar-refractivity contribution >= 4 is 15.7 Å². The van der Waals surface area contributed by atoms with E-state index in [4.69, 9.17) is 0 Å². The predicted molar refractivity (Wildman–Crippen MR) is 88.5 cm³/mol. The number of nitrogens with zero attached hydrogens (tertiary/aromatic N) is 1. The Kier molecular flexibility index (Phi) is 5.27. The molecule has 0 heterocycles. The Bertz CT molecular complexity index is 639. The molecule has 5 heteroatoms. The molecule has 1 fully saturated rings. The van der Waals surface area contributed by atoms with Crippen LogP contribution in [0.4, 0.5) is 0 Å². The van der Waals surface area contributed by atoms with E-state index in [1.54, 1.807) is 11.9 Å². The lowest BCUT2D eigenvalue weighted by Crippen LogP contribution is -2.49. The van der Waals surface area contributed by atoms with E-state index in [0.29, 0.717) is 12.8 Å². The fourth-order valence-electron chi connectivity index (χ4n) is 3.33. The topological polar surface area (TPSA) is 54.5 Å². The molecule has 0 radical (unpaired) electrons. The van der Waals surface area contributed by atoms with Gasteiger partial charge in [0, 0.05) is 19.3 Å². The molecule has 2 rings (SSSR count). The number of aryl methyl sites for hydroxylation is 1. The number of likely N-dealkylation sites (N-methyl/N-ethyl adjacent to an activating group) is 1. The van der Waals surface area contributed by atoms with Gasteiger partial charge in [0.1, 0.15) is 0 Å². The van der Waals surface area contributed by atoms with Crippen LogP contribution in [0.15, 0.2) is 24.3 Å². The van der Waals surface area contributed by atoms with E-state index in [9.17, 15) is 13.2 Å². The molecule has 0 unspecified atom stereocenters. The third-order valence-corrected chi connectivity index (χ3v) is 6.20. The highest BCUT2D eigenvalue weighted by Crippen LogP contribution is 2.27. The Hall–Kier alpha value is -1.36. The largest absolute Gasteiger partial charge is 0.341 e. The maximum absolute atomic E-state index is 12.5. The van der Waals surface area contributed by atoms with Crippen LogP contribution in [-0.4, -0.2) is 43.8 Å². The molecule has 0 aliphatic heterocycles. The number of carbonyl (C=O) groups is 1. The van der Waals surface area contributed by atoms with Crippen LogP contribution < -0.4 is 0 Å². The Balaban J connectivity index is 2.11. The van der Waals surface area contributed by atoms with E-state index < -0.39 is 15.1 Å². The van der Waals surface area contributed by atoms with Gasteiger partial charge in [-0.25, -0.2) is 8.42 Å². The van der Waals surface area contributed by atoms with E-state index >= 15 is 0 Å². The van der Waals surface area contributed by atoms with Gasteiger partial charge in [0.2, 0.25) is 5.91 Å². The lowest BCUT2D eigenvalue weighted by atomic mass is 9.93. The summed E-state index contributed by atoms with van der Waals surface area (Å²) in [6.07, 6.45) is 4.95. The highest BCUT2D eigenvalue weighted by Gasteiger charge is 2.36. The molecule has 1 aliphatic rings. The Morgan fingerprint density at radius 2 is 1.95 bits per heavy atom. The van der Waals surface area contributed by atoms with Crippen molar-refractivity contribution in [3.63, 3.8) is 0 Å². The molecule has 1 saturated carbocycles. The summed E-state index contributed by atoms with van der Waals surface area (Å²) in [5.74, 6) is -0.00819. The monoisotopic (exact) mass is 323 g/mol. The van der Waals surface area contributed by atoms with Crippen molar-refractivity contribution < 1.29 is 13.2 Å². The zero-order chi connectivity index (χ0) is 16.3. The highest BCUT2D eigenvalue weighted by atomic mass is 32.2. The molecule has 0 spiro atoms. The van der Waals surface area contributed by atoms with Crippen LogP contribution in [0, 0.1) is 6.92 Å². The van der Waals surface area contributed by atoms with E-state index in [2.05, 4.69) is 0 Å². The van der Waals surface area contributed by atoms with Gasteiger partial charge in [-0.1, -0.05) is 42.7 Å². The minimum Gasteiger partial charge on any atom is -0.341 e. The summed E-state index contributed by atoms with van der Waals surface area (Å²) in [4.78, 5) is 14.2. The van der Waals surface area contributed by atoms with Crippen molar-refractivity contribution in [1.29, 1.82) is 0 Å². The molecule has 22 heavy (non-hydrogen) atoms. The van der Waals surface area contributed by atoms with Crippen LogP contribution in [-0.2, 0) is 21.1 Å². The molecule has 122 valence electrons. The summed E-state index contributed by atoms with van der Waals surface area (Å²) >= 11 is 0. The molecular weight excluding hydrogens is 298 g/mol. The molecule has 1 amide bonds. The summed E-state index contributed by atoms with van der Waals surface area (Å²) in [6.45, 7) is 2.00. The molecule has 0 saturated heterocycles. The number of hydrogen-bond acceptors (Lipinski definition) is 3. The van der Waals surface area contributed by atoms with Crippen LogP contribution in [0.5, 0.6) is 0 Å². The van der Waals surface area contributed by atoms with E-state index in [1.165, 1.54) is 6.26 Å². The first-order chi connectivity index (χ1) is 10.3. The minimum absolute atomic E-state index is 0.00819. The summed E-state index contributed by atoms with van der Waals surface area (Å²) in [7, 11) is -1.38. The number of benzene rings is 1. The molecule has 1 aromatic carbocycles. The van der Waals surface area contributed by atoms with Crippen molar-refractivity contribution in [3.8, 4) is 0 Å². The van der Waals surface area contributed by atoms with Crippen LogP contribution in [0.3, 0.4) is 0 Å². The second-order valence-corrected chi connectivity index (χ2v) is 8.65. The second-order valence-electron chi connectivity index (χ2n) is 6.39. The standard InChI is InChI=1S/C17H25NO3S/c1-13-7-6-8-14(11-13)12-17(19)18(2)15-9-4-5-10-16(15)22(3,20)21/h6-8,11,15-16H,4-5,9-10,12H2,1-3H3/t15-,16-/m0/s1. The predicted octanol–water partition coefficient (Wildman–Crippen LogP) is 2.35. The lowest BCUT2D eigenvalue weighted by Gasteiger charge is -2.37. The fraction of sp³-hybridized carbons (Fsp3) is 0.588. The third-order valence-electron chi connectivity index (χ3n) is 4.55. The van der Waals surface area contributed by atoms with Crippen LogP contribution in [0.1, 0.15) is 36.8 Å². The van der Waals surface area contributed by atoms with E-state index in [-0.39, 0.29) is 11.9 Å². The molecule has 4 nitrogen and oxygen atoms in total. The molecule has 1 aromatic rings. The summed E-state index contributed by atoms with van der Waals surface area (Å²) in [5, 5.41) is -0.423. The van der Waals surface area contributed by atoms with Crippen LogP contribution in [0.2, 0.25) is 0 Å². The van der Waals surface area contributed by atoms with Gasteiger partial charge in [-0.05, 0) is 25.3 Å². The van der Waals surface area contributed by atoms with Gasteiger partial charge in [-0.3, -0.25) is 4.79 Å². The smallest absolute Gasteiger partial charge is 0.227 e. The maximum atomic E-state index is 12.5. The van der Waals surface area contributed by atoms with Gasteiger partial charge in [-0.2, -0.15) is 0 Å². The lowest BCUT2D eigenvalue weighted by molar-refractivity contribution is -0.131. The van der Waals surface area contributed by atoms with Gasteiger partial charge >= 0.3 is 0 Å². The van der Waals surface area contributed by atoms with Crippen molar-refractivity contribution in [2.75, 3.05) is 13.3 Å². The molecule has 2 atom stereocenters. The molecule has 0 N–H and O–H groups in total. The Labute approximate surface area is 133 Å². The number of amides is 1.